The highest BCUT2D eigenvalue weighted by Gasteiger charge is 2.22. The van der Waals surface area contributed by atoms with Gasteiger partial charge in [-0.3, -0.25) is 9.36 Å². The number of hydrogen-bond donors (Lipinski definition) is 3. The van der Waals surface area contributed by atoms with Crippen LogP contribution < -0.4 is 11.1 Å². The van der Waals surface area contributed by atoms with Gasteiger partial charge in [-0.2, -0.15) is 0 Å². The van der Waals surface area contributed by atoms with Gasteiger partial charge in [-0.15, -0.1) is 0 Å². The van der Waals surface area contributed by atoms with Gasteiger partial charge in [0.15, 0.2) is 5.71 Å². The van der Waals surface area contributed by atoms with Gasteiger partial charge in [0.05, 0.1) is 5.70 Å². The van der Waals surface area contributed by atoms with Gasteiger partial charge in [-0.25, -0.2) is 9.98 Å². The van der Waals surface area contributed by atoms with Crippen molar-refractivity contribution in [3.8, 4) is 0 Å². The van der Waals surface area contributed by atoms with Crippen LogP contribution in [0.25, 0.3) is 5.82 Å². The number of hydrogen-bond acceptors (Lipinski definition) is 5. The molecule has 0 saturated heterocycles. The number of carbonyl (C=O) groups is 1. The topological polar surface area (TPSA) is 109 Å². The Labute approximate surface area is 154 Å². The molecule has 1 saturated carbocycles. The molecule has 1 heterocycles. The Morgan fingerprint density at radius 2 is 2.15 bits per heavy atom. The van der Waals surface area contributed by atoms with Gasteiger partial charge in [0.2, 0.25) is 0 Å². The van der Waals surface area contributed by atoms with E-state index in [0.29, 0.717) is 11.4 Å². The maximum atomic E-state index is 12.9. The first-order valence-corrected chi connectivity index (χ1v) is 9.12. The smallest absolute Gasteiger partial charge is 0.272 e. The van der Waals surface area contributed by atoms with E-state index >= 15 is 0 Å². The number of aliphatic imine (C=N–C) groups is 1. The molecule has 2 rings (SSSR count). The largest absolute Gasteiger partial charge is 0.397 e. The molecule has 0 radical (unpaired) electrons. The average Bonchev–Trinajstić information content (AvgIpc) is 3.19. The summed E-state index contributed by atoms with van der Waals surface area (Å²) in [5.41, 5.74) is 7.03. The lowest BCUT2D eigenvalue weighted by Crippen LogP contribution is -2.42. The number of aromatic nitrogens is 2. The van der Waals surface area contributed by atoms with Crippen molar-refractivity contribution in [1.29, 1.82) is 5.41 Å². The molecule has 1 amide bonds. The van der Waals surface area contributed by atoms with Gasteiger partial charge in [0, 0.05) is 24.7 Å². The molecule has 1 fully saturated rings. The second-order valence-electron chi connectivity index (χ2n) is 6.45. The Hall–Kier alpha value is -2.70. The zero-order valence-corrected chi connectivity index (χ0v) is 15.5. The summed E-state index contributed by atoms with van der Waals surface area (Å²) in [6.45, 7) is 3.70. The van der Waals surface area contributed by atoms with Gasteiger partial charge in [-0.05, 0) is 37.8 Å². The van der Waals surface area contributed by atoms with E-state index in [1.165, 1.54) is 6.42 Å². The molecule has 26 heavy (non-hydrogen) atoms. The van der Waals surface area contributed by atoms with E-state index in [2.05, 4.69) is 15.3 Å². The highest BCUT2D eigenvalue weighted by atomic mass is 16.2. The van der Waals surface area contributed by atoms with Crippen molar-refractivity contribution in [2.75, 3.05) is 0 Å². The molecule has 7 heteroatoms. The molecule has 0 spiro atoms. The number of allylic oxidation sites excluding steroid dienone is 2. The van der Waals surface area contributed by atoms with Crippen LogP contribution in [0.3, 0.4) is 0 Å². The first kappa shape index (κ1) is 19.6. The molecular weight excluding hydrogens is 328 g/mol. The molecule has 0 atom stereocenters. The Balaban J connectivity index is 2.37. The average molecular weight is 356 g/mol. The Kier molecular flexibility index (Phi) is 7.32. The molecule has 1 aromatic heterocycles. The Morgan fingerprint density at radius 1 is 1.42 bits per heavy atom. The molecule has 0 aromatic carbocycles. The highest BCUT2D eigenvalue weighted by molar-refractivity contribution is 6.46. The minimum absolute atomic E-state index is 0.143. The minimum atomic E-state index is -0.294. The highest BCUT2D eigenvalue weighted by Crippen LogP contribution is 2.18. The predicted molar refractivity (Wildman–Crippen MR) is 105 cm³/mol. The van der Waals surface area contributed by atoms with Crippen molar-refractivity contribution in [3.05, 3.63) is 36.1 Å². The van der Waals surface area contributed by atoms with Crippen LogP contribution in [0.15, 0.2) is 41.1 Å². The van der Waals surface area contributed by atoms with E-state index < -0.39 is 0 Å². The summed E-state index contributed by atoms with van der Waals surface area (Å²) in [5.74, 6) is 0.289. The maximum Gasteiger partial charge on any atom is 0.272 e. The summed E-state index contributed by atoms with van der Waals surface area (Å²) >= 11 is 0. The summed E-state index contributed by atoms with van der Waals surface area (Å²) < 4.78 is 1.74. The lowest BCUT2D eigenvalue weighted by Gasteiger charge is -2.23. The van der Waals surface area contributed by atoms with E-state index in [1.807, 2.05) is 13.0 Å². The fourth-order valence-corrected chi connectivity index (χ4v) is 2.90. The molecular formula is C19H28N6O. The van der Waals surface area contributed by atoms with Crippen LogP contribution >= 0.6 is 0 Å². The maximum absolute atomic E-state index is 12.9. The van der Waals surface area contributed by atoms with Crippen LogP contribution in [-0.2, 0) is 4.79 Å². The third-order valence-corrected chi connectivity index (χ3v) is 4.43. The normalized spacial score (nSPS) is 17.6. The van der Waals surface area contributed by atoms with Crippen molar-refractivity contribution in [2.45, 2.75) is 58.4 Å². The summed E-state index contributed by atoms with van der Waals surface area (Å²) in [7, 11) is 0. The first-order valence-electron chi connectivity index (χ1n) is 9.12. The van der Waals surface area contributed by atoms with E-state index in [0.717, 1.165) is 38.3 Å². The van der Waals surface area contributed by atoms with E-state index in [9.17, 15) is 4.79 Å². The second kappa shape index (κ2) is 9.70. The summed E-state index contributed by atoms with van der Waals surface area (Å²) in [4.78, 5) is 21.5. The SMILES string of the molecule is CC/C=C(/N=C(C(=O)NC1CCCCC1)\C(N)=C(/C)C=N)n1ccnc1. The van der Waals surface area contributed by atoms with Gasteiger partial charge in [-0.1, -0.05) is 26.2 Å². The van der Waals surface area contributed by atoms with Crippen molar-refractivity contribution in [3.63, 3.8) is 0 Å². The van der Waals surface area contributed by atoms with Crippen LogP contribution in [0.4, 0.5) is 0 Å². The Bertz CT molecular complexity index is 708. The fourth-order valence-electron chi connectivity index (χ4n) is 2.90. The van der Waals surface area contributed by atoms with E-state index in [4.69, 9.17) is 11.1 Å². The Morgan fingerprint density at radius 3 is 2.73 bits per heavy atom. The minimum Gasteiger partial charge on any atom is -0.397 e. The number of nitrogens with zero attached hydrogens (tertiary/aromatic N) is 3. The van der Waals surface area contributed by atoms with Crippen molar-refractivity contribution >= 4 is 23.7 Å². The predicted octanol–water partition coefficient (Wildman–Crippen LogP) is 2.86. The standard InChI is InChI=1S/C19H28N6O/c1-3-7-16(25-11-10-22-13-25)24-18(17(21)14(2)12-20)19(26)23-15-8-5-4-6-9-15/h7,10-13,15,20H,3-6,8-9,21H2,1-2H3,(H,23,26)/b16-7-,17-14-,20-12?,24-18+. The molecule has 0 unspecified atom stereocenters. The molecule has 1 aliphatic rings. The zero-order valence-electron chi connectivity index (χ0n) is 15.5. The summed E-state index contributed by atoms with van der Waals surface area (Å²) in [6.07, 6.45) is 14.3. The fraction of sp³-hybridized carbons (Fsp3) is 0.474. The summed E-state index contributed by atoms with van der Waals surface area (Å²) in [6, 6.07) is 0.154. The van der Waals surface area contributed by atoms with Gasteiger partial charge < -0.3 is 16.5 Å². The number of rotatable bonds is 7. The zero-order chi connectivity index (χ0) is 18.9. The van der Waals surface area contributed by atoms with Gasteiger partial charge >= 0.3 is 0 Å². The van der Waals surface area contributed by atoms with Crippen molar-refractivity contribution in [1.82, 2.24) is 14.9 Å². The molecule has 0 aliphatic heterocycles. The molecule has 7 nitrogen and oxygen atoms in total. The van der Waals surface area contributed by atoms with Crippen LogP contribution in [0.2, 0.25) is 0 Å². The summed E-state index contributed by atoms with van der Waals surface area (Å²) in [5, 5.41) is 10.5. The van der Waals surface area contributed by atoms with Gasteiger partial charge in [0.1, 0.15) is 12.1 Å². The monoisotopic (exact) mass is 356 g/mol. The van der Waals surface area contributed by atoms with Crippen LogP contribution in [-0.4, -0.2) is 33.4 Å². The lowest BCUT2D eigenvalue weighted by molar-refractivity contribution is -0.115. The van der Waals surface area contributed by atoms with Crippen LogP contribution in [0.1, 0.15) is 52.4 Å². The van der Waals surface area contributed by atoms with Crippen molar-refractivity contribution in [2.24, 2.45) is 10.7 Å². The third kappa shape index (κ3) is 5.15. The molecule has 140 valence electrons. The molecule has 1 aromatic rings. The van der Waals surface area contributed by atoms with Crippen LogP contribution in [0.5, 0.6) is 0 Å². The van der Waals surface area contributed by atoms with Crippen molar-refractivity contribution < 1.29 is 4.79 Å². The number of imidazole rings is 1. The van der Waals surface area contributed by atoms with Crippen LogP contribution in [0, 0.1) is 5.41 Å². The first-order chi connectivity index (χ1) is 12.6. The number of amides is 1. The van der Waals surface area contributed by atoms with E-state index in [1.54, 1.807) is 30.2 Å². The quantitative estimate of drug-likeness (QED) is 0.653. The molecule has 0 bridgehead atoms. The lowest BCUT2D eigenvalue weighted by atomic mass is 9.95. The number of nitrogens with one attached hydrogen (secondary N) is 2. The molecule has 4 N–H and O–H groups in total. The number of nitrogens with two attached hydrogens (primary N) is 1. The van der Waals surface area contributed by atoms with E-state index in [-0.39, 0.29) is 23.4 Å². The number of carbonyl (C=O) groups excluding carboxylic acids is 1. The third-order valence-electron chi connectivity index (χ3n) is 4.43. The van der Waals surface area contributed by atoms with Gasteiger partial charge in [0.25, 0.3) is 5.91 Å². The molecule has 1 aliphatic carbocycles. The second-order valence-corrected chi connectivity index (χ2v) is 6.45.